The number of nitrogens with two attached hydrogens (primary N) is 1. The minimum atomic E-state index is -1.12. The zero-order chi connectivity index (χ0) is 10.5. The van der Waals surface area contributed by atoms with E-state index < -0.39 is 17.5 Å². The van der Waals surface area contributed by atoms with E-state index in [-0.39, 0.29) is 13.2 Å². The molecule has 13 heavy (non-hydrogen) atoms. The van der Waals surface area contributed by atoms with Gasteiger partial charge in [0, 0.05) is 12.0 Å². The van der Waals surface area contributed by atoms with Gasteiger partial charge in [-0.05, 0) is 13.3 Å². The summed E-state index contributed by atoms with van der Waals surface area (Å²) in [5, 5.41) is 9.61. The molecular weight excluding hydrogens is 170 g/mol. The number of carbonyl (C=O) groups is 1. The Hall–Kier alpha value is -0.610. The maximum Gasteiger partial charge on any atom is 0.335 e. The van der Waals surface area contributed by atoms with Crippen LogP contribution in [0.1, 0.15) is 27.2 Å². The van der Waals surface area contributed by atoms with Crippen molar-refractivity contribution in [3.8, 4) is 0 Å². The first kappa shape index (κ1) is 12.4. The van der Waals surface area contributed by atoms with Crippen LogP contribution in [-0.4, -0.2) is 30.3 Å². The first-order valence-corrected chi connectivity index (χ1v) is 4.56. The molecule has 0 aliphatic carbocycles. The van der Waals surface area contributed by atoms with Crippen molar-refractivity contribution < 1.29 is 14.6 Å². The molecule has 0 saturated carbocycles. The van der Waals surface area contributed by atoms with Crippen LogP contribution in [0, 0.1) is 5.41 Å². The number of hydrogen-bond donors (Lipinski definition) is 2. The van der Waals surface area contributed by atoms with E-state index in [1.807, 2.05) is 6.92 Å². The number of hydrogen-bond acceptors (Lipinski definition) is 4. The number of carbonyl (C=O) groups excluding carboxylic acids is 1. The Morgan fingerprint density at radius 3 is 2.46 bits per heavy atom. The third-order valence-electron chi connectivity index (χ3n) is 2.44. The second kappa shape index (κ2) is 5.19. The largest absolute Gasteiger partial charge is 0.464 e. The van der Waals surface area contributed by atoms with Gasteiger partial charge in [0.05, 0.1) is 6.61 Å². The molecule has 0 bridgehead atoms. The third kappa shape index (κ3) is 2.97. The molecule has 0 rings (SSSR count). The van der Waals surface area contributed by atoms with Crippen LogP contribution in [-0.2, 0) is 9.53 Å². The summed E-state index contributed by atoms with van der Waals surface area (Å²) >= 11 is 0. The number of esters is 1. The molecule has 0 aromatic heterocycles. The van der Waals surface area contributed by atoms with Crippen LogP contribution in [0.4, 0.5) is 0 Å². The number of rotatable bonds is 5. The Bertz CT molecular complexity index is 166. The molecular formula is C9H19NO3. The molecule has 0 saturated heterocycles. The normalized spacial score (nSPS) is 17.6. The standard InChI is InChI=1S/C9H19NO3/c1-4-9(3,6-10)7(11)8(12)13-5-2/h7,11H,4-6,10H2,1-3H3. The fraction of sp³-hybridized carbons (Fsp3) is 0.889. The topological polar surface area (TPSA) is 72.5 Å². The summed E-state index contributed by atoms with van der Waals surface area (Å²) in [6.07, 6.45) is -0.480. The van der Waals surface area contributed by atoms with Gasteiger partial charge < -0.3 is 15.6 Å². The molecule has 4 nitrogen and oxygen atoms in total. The van der Waals surface area contributed by atoms with Gasteiger partial charge in [-0.15, -0.1) is 0 Å². The van der Waals surface area contributed by atoms with Crippen molar-refractivity contribution in [3.63, 3.8) is 0 Å². The molecule has 2 unspecified atom stereocenters. The lowest BCUT2D eigenvalue weighted by Gasteiger charge is -2.30. The third-order valence-corrected chi connectivity index (χ3v) is 2.44. The van der Waals surface area contributed by atoms with Gasteiger partial charge in [-0.3, -0.25) is 0 Å². The van der Waals surface area contributed by atoms with Crippen LogP contribution in [0.3, 0.4) is 0 Å². The highest BCUT2D eigenvalue weighted by molar-refractivity contribution is 5.75. The summed E-state index contributed by atoms with van der Waals surface area (Å²) in [6, 6.07) is 0. The van der Waals surface area contributed by atoms with E-state index in [0.717, 1.165) is 0 Å². The fourth-order valence-electron chi connectivity index (χ4n) is 0.955. The Balaban J connectivity index is 4.36. The Labute approximate surface area is 79.1 Å². The molecule has 0 amide bonds. The van der Waals surface area contributed by atoms with Crippen LogP contribution in [0.2, 0.25) is 0 Å². The lowest BCUT2D eigenvalue weighted by Crippen LogP contribution is -2.44. The van der Waals surface area contributed by atoms with E-state index in [2.05, 4.69) is 0 Å². The average molecular weight is 189 g/mol. The van der Waals surface area contributed by atoms with E-state index in [4.69, 9.17) is 10.5 Å². The van der Waals surface area contributed by atoms with E-state index in [9.17, 15) is 9.90 Å². The van der Waals surface area contributed by atoms with Gasteiger partial charge in [-0.1, -0.05) is 13.8 Å². The van der Waals surface area contributed by atoms with Crippen LogP contribution in [0.5, 0.6) is 0 Å². The zero-order valence-corrected chi connectivity index (χ0v) is 8.54. The predicted molar refractivity (Wildman–Crippen MR) is 50.1 cm³/mol. The molecule has 0 heterocycles. The highest BCUT2D eigenvalue weighted by atomic mass is 16.5. The second-order valence-electron chi connectivity index (χ2n) is 3.37. The summed E-state index contributed by atoms with van der Waals surface area (Å²) in [5.74, 6) is -0.586. The molecule has 4 heteroatoms. The van der Waals surface area contributed by atoms with Gasteiger partial charge in [-0.2, -0.15) is 0 Å². The number of aliphatic hydroxyl groups is 1. The van der Waals surface area contributed by atoms with Gasteiger partial charge in [0.2, 0.25) is 0 Å². The molecule has 0 radical (unpaired) electrons. The van der Waals surface area contributed by atoms with Gasteiger partial charge >= 0.3 is 5.97 Å². The average Bonchev–Trinajstić information content (AvgIpc) is 2.16. The molecule has 78 valence electrons. The summed E-state index contributed by atoms with van der Waals surface area (Å²) in [7, 11) is 0. The monoisotopic (exact) mass is 189 g/mol. The molecule has 0 aromatic rings. The maximum absolute atomic E-state index is 11.2. The minimum Gasteiger partial charge on any atom is -0.464 e. The Morgan fingerprint density at radius 2 is 2.15 bits per heavy atom. The SMILES string of the molecule is CCOC(=O)C(O)C(C)(CC)CN. The highest BCUT2D eigenvalue weighted by Crippen LogP contribution is 2.24. The summed E-state index contributed by atoms with van der Waals surface area (Å²) in [4.78, 5) is 11.2. The van der Waals surface area contributed by atoms with Gasteiger partial charge in [0.15, 0.2) is 6.10 Å². The smallest absolute Gasteiger partial charge is 0.335 e. The van der Waals surface area contributed by atoms with Crippen molar-refractivity contribution in [2.75, 3.05) is 13.2 Å². The Kier molecular flexibility index (Phi) is 4.95. The van der Waals surface area contributed by atoms with Crippen LogP contribution >= 0.6 is 0 Å². The summed E-state index contributed by atoms with van der Waals surface area (Å²) in [5.41, 5.74) is 4.91. The van der Waals surface area contributed by atoms with Crippen molar-refractivity contribution in [1.29, 1.82) is 0 Å². The molecule has 0 aliphatic heterocycles. The van der Waals surface area contributed by atoms with E-state index in [0.29, 0.717) is 6.42 Å². The quantitative estimate of drug-likeness (QED) is 0.609. The maximum atomic E-state index is 11.2. The van der Waals surface area contributed by atoms with Gasteiger partial charge in [0.1, 0.15) is 0 Å². The Morgan fingerprint density at radius 1 is 1.62 bits per heavy atom. The van der Waals surface area contributed by atoms with E-state index in [1.54, 1.807) is 13.8 Å². The lowest BCUT2D eigenvalue weighted by molar-refractivity contribution is -0.160. The molecule has 2 atom stereocenters. The highest BCUT2D eigenvalue weighted by Gasteiger charge is 2.36. The van der Waals surface area contributed by atoms with Crippen LogP contribution in [0.15, 0.2) is 0 Å². The van der Waals surface area contributed by atoms with Crippen molar-refractivity contribution in [3.05, 3.63) is 0 Å². The van der Waals surface area contributed by atoms with Crippen LogP contribution < -0.4 is 5.73 Å². The second-order valence-corrected chi connectivity index (χ2v) is 3.37. The molecule has 0 aromatic carbocycles. The first-order valence-electron chi connectivity index (χ1n) is 4.56. The van der Waals surface area contributed by atoms with E-state index in [1.165, 1.54) is 0 Å². The predicted octanol–water partition coefficient (Wildman–Crippen LogP) is 0.285. The fourth-order valence-corrected chi connectivity index (χ4v) is 0.955. The number of aliphatic hydroxyl groups excluding tert-OH is 1. The minimum absolute atomic E-state index is 0.267. The van der Waals surface area contributed by atoms with Crippen molar-refractivity contribution in [2.45, 2.75) is 33.3 Å². The first-order chi connectivity index (χ1) is 6.01. The molecule has 3 N–H and O–H groups in total. The summed E-state index contributed by atoms with van der Waals surface area (Å²) < 4.78 is 4.71. The van der Waals surface area contributed by atoms with Gasteiger partial charge in [-0.25, -0.2) is 4.79 Å². The molecule has 0 spiro atoms. The van der Waals surface area contributed by atoms with Gasteiger partial charge in [0.25, 0.3) is 0 Å². The van der Waals surface area contributed by atoms with Crippen molar-refractivity contribution in [2.24, 2.45) is 11.1 Å². The molecule has 0 aliphatic rings. The number of ether oxygens (including phenoxy) is 1. The lowest BCUT2D eigenvalue weighted by atomic mass is 9.81. The van der Waals surface area contributed by atoms with Crippen molar-refractivity contribution in [1.82, 2.24) is 0 Å². The summed E-state index contributed by atoms with van der Waals surface area (Å²) in [6.45, 7) is 5.91. The van der Waals surface area contributed by atoms with E-state index >= 15 is 0 Å². The van der Waals surface area contributed by atoms with Crippen LogP contribution in [0.25, 0.3) is 0 Å². The molecule has 0 fully saturated rings. The zero-order valence-electron chi connectivity index (χ0n) is 8.54. The van der Waals surface area contributed by atoms with Crippen molar-refractivity contribution >= 4 is 5.97 Å².